The molecule has 0 atom stereocenters. The van der Waals surface area contributed by atoms with E-state index < -0.39 is 0 Å². The molecular weight excluding hydrogens is 78.0 g/mol. The van der Waals surface area contributed by atoms with Gasteiger partial charge in [-0.05, 0) is 0 Å². The largest absolute Gasteiger partial charge is 0.300 e. The van der Waals surface area contributed by atoms with Gasteiger partial charge in [-0.25, -0.2) is 4.39 Å². The number of hydrogen-bond donors (Lipinski definition) is 0. The summed E-state index contributed by atoms with van der Waals surface area (Å²) in [5.74, 6) is 0. The summed E-state index contributed by atoms with van der Waals surface area (Å²) in [6.45, 7) is 0. The van der Waals surface area contributed by atoms with Crippen LogP contribution < -0.4 is 0 Å². The van der Waals surface area contributed by atoms with E-state index >= 15 is 0 Å². The first-order valence-corrected chi connectivity index (χ1v) is 0.942. The molecule has 0 aliphatic rings. The lowest BCUT2D eigenvalue weighted by atomic mass is 11.1. The van der Waals surface area contributed by atoms with E-state index in [-0.39, 0.29) is 6.33 Å². The number of hydrogen-bond acceptors (Lipinski definition) is 1. The molecule has 0 fully saturated rings. The standard InChI is InChI=1S/C2H2F2O/c3-1-2-5-4/h1-2H. The van der Waals surface area contributed by atoms with Crippen molar-refractivity contribution in [1.82, 2.24) is 0 Å². The summed E-state index contributed by atoms with van der Waals surface area (Å²) in [7, 11) is 0. The summed E-state index contributed by atoms with van der Waals surface area (Å²) >= 11 is 0. The molecule has 0 N–H and O–H groups in total. The van der Waals surface area contributed by atoms with Crippen LogP contribution in [0.25, 0.3) is 0 Å². The van der Waals surface area contributed by atoms with Gasteiger partial charge in [0.05, 0.1) is 0 Å². The second-order valence-electron chi connectivity index (χ2n) is 0.351. The molecule has 30 valence electrons. The second kappa shape index (κ2) is 3.40. The molecule has 0 aromatic carbocycles. The van der Waals surface area contributed by atoms with Crippen LogP contribution in [0.4, 0.5) is 8.92 Å². The average molecular weight is 80.0 g/mol. The van der Waals surface area contributed by atoms with Gasteiger partial charge in [0.1, 0.15) is 6.33 Å². The predicted molar refractivity (Wildman–Crippen MR) is 12.4 cm³/mol. The highest BCUT2D eigenvalue weighted by Crippen LogP contribution is 1.73. The van der Waals surface area contributed by atoms with Crippen molar-refractivity contribution in [2.75, 3.05) is 0 Å². The first kappa shape index (κ1) is 4.40. The fourth-order valence-corrected chi connectivity index (χ4v) is 0.0194. The van der Waals surface area contributed by atoms with Gasteiger partial charge in [-0.3, -0.25) is 4.94 Å². The van der Waals surface area contributed by atoms with Crippen LogP contribution in [0.15, 0.2) is 12.6 Å². The molecule has 5 heavy (non-hydrogen) atoms. The molecule has 1 nitrogen and oxygen atoms in total. The molecule has 0 aromatic rings. The summed E-state index contributed by atoms with van der Waals surface area (Å²) in [4.78, 5) is 2.64. The smallest absolute Gasteiger partial charge is 0.164 e. The Balaban J connectivity index is 2.62. The van der Waals surface area contributed by atoms with E-state index in [0.29, 0.717) is 6.26 Å². The van der Waals surface area contributed by atoms with Crippen molar-refractivity contribution >= 4 is 0 Å². The highest BCUT2D eigenvalue weighted by molar-refractivity contribution is 4.53. The van der Waals surface area contributed by atoms with Crippen LogP contribution >= 0.6 is 0 Å². The van der Waals surface area contributed by atoms with E-state index in [1.54, 1.807) is 0 Å². The Labute approximate surface area is 27.8 Å². The zero-order valence-electron chi connectivity index (χ0n) is 2.32. The van der Waals surface area contributed by atoms with E-state index in [4.69, 9.17) is 0 Å². The molecule has 0 spiro atoms. The van der Waals surface area contributed by atoms with Crippen molar-refractivity contribution < 1.29 is 13.9 Å². The van der Waals surface area contributed by atoms with Crippen LogP contribution in [0.5, 0.6) is 0 Å². The maximum atomic E-state index is 10.4. The fraction of sp³-hybridized carbons (Fsp3) is 0. The monoisotopic (exact) mass is 80.0 g/mol. The highest BCUT2D eigenvalue weighted by atomic mass is 19.3. The molecule has 0 aliphatic heterocycles. The topological polar surface area (TPSA) is 9.23 Å². The van der Waals surface area contributed by atoms with Gasteiger partial charge in [-0.2, -0.15) is 0 Å². The summed E-state index contributed by atoms with van der Waals surface area (Å²) in [5, 5.41) is 0. The maximum absolute atomic E-state index is 10.4. The Morgan fingerprint density at radius 2 is 2.20 bits per heavy atom. The van der Waals surface area contributed by atoms with Crippen LogP contribution in [-0.4, -0.2) is 0 Å². The van der Waals surface area contributed by atoms with Crippen LogP contribution in [0, 0.1) is 0 Å². The van der Waals surface area contributed by atoms with Gasteiger partial charge >= 0.3 is 0 Å². The lowest BCUT2D eigenvalue weighted by Gasteiger charge is -1.65. The van der Waals surface area contributed by atoms with Crippen molar-refractivity contribution in [3.05, 3.63) is 12.6 Å². The van der Waals surface area contributed by atoms with Crippen LogP contribution in [0.1, 0.15) is 0 Å². The average Bonchev–Trinajstić information content (AvgIpc) is 1.41. The Kier molecular flexibility index (Phi) is 2.99. The Bertz CT molecular complexity index is 34.6. The van der Waals surface area contributed by atoms with Gasteiger partial charge in [0.25, 0.3) is 0 Å². The molecule has 0 amide bonds. The first-order valence-electron chi connectivity index (χ1n) is 0.942. The molecule has 0 heterocycles. The van der Waals surface area contributed by atoms with Crippen LogP contribution in [0.2, 0.25) is 0 Å². The molecule has 0 aliphatic carbocycles. The Morgan fingerprint density at radius 1 is 1.60 bits per heavy atom. The normalized spacial score (nSPS) is 9.20. The minimum atomic E-state index is -0.0417. The molecule has 0 saturated heterocycles. The Hall–Kier alpha value is -0.600. The van der Waals surface area contributed by atoms with Gasteiger partial charge in [-0.15, -0.1) is 0 Å². The third kappa shape index (κ3) is 3.40. The summed E-state index contributed by atoms with van der Waals surface area (Å²) in [6, 6.07) is 0. The van der Waals surface area contributed by atoms with Crippen molar-refractivity contribution in [2.24, 2.45) is 0 Å². The molecule has 0 saturated carbocycles. The van der Waals surface area contributed by atoms with E-state index in [0.717, 1.165) is 0 Å². The molecule has 0 rings (SSSR count). The Morgan fingerprint density at radius 3 is 2.20 bits per heavy atom. The van der Waals surface area contributed by atoms with E-state index in [2.05, 4.69) is 4.94 Å². The van der Waals surface area contributed by atoms with Gasteiger partial charge < -0.3 is 0 Å². The van der Waals surface area contributed by atoms with Crippen molar-refractivity contribution in [3.63, 3.8) is 0 Å². The molecule has 3 heteroatoms. The number of rotatable bonds is 1. The number of halogens is 2. The van der Waals surface area contributed by atoms with Gasteiger partial charge in [-0.1, -0.05) is 0 Å². The quantitative estimate of drug-likeness (QED) is 0.432. The third-order valence-corrected chi connectivity index (χ3v) is 0.103. The molecular formula is C2H2F2O. The predicted octanol–water partition coefficient (Wildman–Crippen LogP) is 1.33. The molecule has 0 aromatic heterocycles. The lowest BCUT2D eigenvalue weighted by molar-refractivity contribution is -0.0631. The summed E-state index contributed by atoms with van der Waals surface area (Å²) in [6.07, 6.45) is 0.250. The molecule has 0 unspecified atom stereocenters. The zero-order chi connectivity index (χ0) is 4.12. The molecule has 0 bridgehead atoms. The minimum absolute atomic E-state index is 0.0417. The minimum Gasteiger partial charge on any atom is -0.300 e. The summed E-state index contributed by atoms with van der Waals surface area (Å²) < 4.78 is 20.6. The van der Waals surface area contributed by atoms with E-state index in [9.17, 15) is 8.92 Å². The SMILES string of the molecule is FC=COF. The van der Waals surface area contributed by atoms with E-state index in [1.807, 2.05) is 0 Å². The van der Waals surface area contributed by atoms with Crippen LogP contribution in [-0.2, 0) is 4.94 Å². The third-order valence-electron chi connectivity index (χ3n) is 0.103. The van der Waals surface area contributed by atoms with Crippen molar-refractivity contribution in [3.8, 4) is 0 Å². The first-order chi connectivity index (χ1) is 2.41. The zero-order valence-corrected chi connectivity index (χ0v) is 2.32. The van der Waals surface area contributed by atoms with Crippen molar-refractivity contribution in [2.45, 2.75) is 0 Å². The van der Waals surface area contributed by atoms with E-state index in [1.165, 1.54) is 0 Å². The van der Waals surface area contributed by atoms with Gasteiger partial charge in [0, 0.05) is 4.53 Å². The van der Waals surface area contributed by atoms with Gasteiger partial charge in [0.2, 0.25) is 0 Å². The van der Waals surface area contributed by atoms with Gasteiger partial charge in [0.15, 0.2) is 6.26 Å². The lowest BCUT2D eigenvalue weighted by Crippen LogP contribution is -1.46. The molecule has 0 radical (unpaired) electrons. The fourth-order valence-electron chi connectivity index (χ4n) is 0.0194. The second-order valence-corrected chi connectivity index (χ2v) is 0.351. The van der Waals surface area contributed by atoms with Crippen LogP contribution in [0.3, 0.4) is 0 Å². The summed E-state index contributed by atoms with van der Waals surface area (Å²) in [5.41, 5.74) is 0. The highest BCUT2D eigenvalue weighted by Gasteiger charge is 1.56. The maximum Gasteiger partial charge on any atom is 0.164 e. The van der Waals surface area contributed by atoms with Crippen molar-refractivity contribution in [1.29, 1.82) is 0 Å².